The Labute approximate surface area is 143 Å². The van der Waals surface area contributed by atoms with Crippen LogP contribution in [-0.4, -0.2) is 24.5 Å². The molecule has 1 heterocycles. The maximum atomic E-state index is 12.0. The zero-order valence-electron chi connectivity index (χ0n) is 12.6. The lowest BCUT2D eigenvalue weighted by molar-refractivity contribution is -0.133. The average Bonchev–Trinajstić information content (AvgIpc) is 3.03. The Morgan fingerprint density at radius 3 is 2.67 bits per heavy atom. The molecule has 7 heteroatoms. The van der Waals surface area contributed by atoms with Gasteiger partial charge < -0.3 is 9.47 Å². The highest BCUT2D eigenvalue weighted by atomic mass is 35.5. The summed E-state index contributed by atoms with van der Waals surface area (Å²) in [6.07, 6.45) is -0.194. The van der Waals surface area contributed by atoms with Gasteiger partial charge in [0.05, 0.1) is 5.02 Å². The number of halogens is 1. The summed E-state index contributed by atoms with van der Waals surface area (Å²) in [5.41, 5.74) is 5.59. The predicted octanol–water partition coefficient (Wildman–Crippen LogP) is 1.87. The molecule has 0 aliphatic carbocycles. The number of carbonyl (C=O) groups excluding carboxylic acids is 2. The van der Waals surface area contributed by atoms with Crippen molar-refractivity contribution in [3.8, 4) is 11.5 Å². The molecule has 2 amide bonds. The first kappa shape index (κ1) is 16.1. The van der Waals surface area contributed by atoms with Gasteiger partial charge in [0.15, 0.2) is 12.7 Å². The Kier molecular flexibility index (Phi) is 4.86. The molecule has 2 aromatic carbocycles. The topological polar surface area (TPSA) is 76.7 Å². The number of amides is 2. The van der Waals surface area contributed by atoms with E-state index in [-0.39, 0.29) is 6.61 Å². The molecule has 1 atom stereocenters. The fourth-order valence-corrected chi connectivity index (χ4v) is 2.47. The number of fused-ring (bicyclic) bond motifs is 1. The second-order valence-electron chi connectivity index (χ2n) is 5.17. The van der Waals surface area contributed by atoms with Crippen LogP contribution in [0.4, 0.5) is 0 Å². The molecule has 2 N–H and O–H groups in total. The molecule has 2 aromatic rings. The second-order valence-corrected chi connectivity index (χ2v) is 5.58. The van der Waals surface area contributed by atoms with Crippen LogP contribution in [0.15, 0.2) is 48.5 Å². The van der Waals surface area contributed by atoms with Gasteiger partial charge in [0, 0.05) is 6.42 Å². The van der Waals surface area contributed by atoms with E-state index in [1.54, 1.807) is 30.3 Å². The van der Waals surface area contributed by atoms with Crippen molar-refractivity contribution in [1.82, 2.24) is 10.9 Å². The highest BCUT2D eigenvalue weighted by Crippen LogP contribution is 2.28. The molecule has 0 unspecified atom stereocenters. The third-order valence-corrected chi connectivity index (χ3v) is 3.77. The van der Waals surface area contributed by atoms with Gasteiger partial charge in [0.2, 0.25) is 0 Å². The van der Waals surface area contributed by atoms with Gasteiger partial charge in [-0.3, -0.25) is 20.4 Å². The van der Waals surface area contributed by atoms with Crippen LogP contribution >= 0.6 is 11.6 Å². The van der Waals surface area contributed by atoms with E-state index in [1.165, 1.54) is 0 Å². The molecule has 0 aromatic heterocycles. The Hall–Kier alpha value is -2.73. The van der Waals surface area contributed by atoms with E-state index >= 15 is 0 Å². The lowest BCUT2D eigenvalue weighted by Gasteiger charge is -2.12. The first-order chi connectivity index (χ1) is 11.6. The molecule has 24 heavy (non-hydrogen) atoms. The van der Waals surface area contributed by atoms with Crippen LogP contribution in [0.1, 0.15) is 5.56 Å². The standard InChI is InChI=1S/C17H15ClN2O4/c18-12-6-2-4-8-14(12)23-10-16(21)19-20-17(22)15-9-11-5-1-3-7-13(11)24-15/h1-8,15H,9-10H2,(H,19,21)(H,20,22)/t15-/m0/s1. The SMILES string of the molecule is O=C(COc1ccccc1Cl)NNC(=O)[C@@H]1Cc2ccccc2O1. The summed E-state index contributed by atoms with van der Waals surface area (Å²) in [5.74, 6) is 0.164. The minimum absolute atomic E-state index is 0.268. The third kappa shape index (κ3) is 3.78. The van der Waals surface area contributed by atoms with Crippen molar-refractivity contribution in [1.29, 1.82) is 0 Å². The molecule has 1 aliphatic heterocycles. The maximum Gasteiger partial charge on any atom is 0.279 e. The van der Waals surface area contributed by atoms with Gasteiger partial charge in [-0.2, -0.15) is 0 Å². The van der Waals surface area contributed by atoms with Gasteiger partial charge in [0.1, 0.15) is 11.5 Å². The van der Waals surface area contributed by atoms with Crippen LogP contribution in [-0.2, 0) is 16.0 Å². The van der Waals surface area contributed by atoms with Gasteiger partial charge in [-0.05, 0) is 23.8 Å². The number of hydrogen-bond acceptors (Lipinski definition) is 4. The van der Waals surface area contributed by atoms with Gasteiger partial charge in [-0.25, -0.2) is 0 Å². The molecule has 124 valence electrons. The second kappa shape index (κ2) is 7.23. The fraction of sp³-hybridized carbons (Fsp3) is 0.176. The number of hydrogen-bond donors (Lipinski definition) is 2. The van der Waals surface area contributed by atoms with E-state index in [9.17, 15) is 9.59 Å². The molecule has 0 saturated heterocycles. The lowest BCUT2D eigenvalue weighted by Crippen LogP contribution is -2.49. The Morgan fingerprint density at radius 2 is 1.88 bits per heavy atom. The zero-order chi connectivity index (χ0) is 16.9. The zero-order valence-corrected chi connectivity index (χ0v) is 13.4. The fourth-order valence-electron chi connectivity index (χ4n) is 2.28. The van der Waals surface area contributed by atoms with Gasteiger partial charge in [-0.15, -0.1) is 0 Å². The van der Waals surface area contributed by atoms with Crippen LogP contribution < -0.4 is 20.3 Å². The number of para-hydroxylation sites is 2. The van der Waals surface area contributed by atoms with Crippen molar-refractivity contribution >= 4 is 23.4 Å². The first-order valence-electron chi connectivity index (χ1n) is 7.34. The van der Waals surface area contributed by atoms with Crippen molar-refractivity contribution in [3.05, 3.63) is 59.1 Å². The molecular formula is C17H15ClN2O4. The van der Waals surface area contributed by atoms with E-state index in [1.807, 2.05) is 18.2 Å². The summed E-state index contributed by atoms with van der Waals surface area (Å²) in [6, 6.07) is 14.2. The lowest BCUT2D eigenvalue weighted by atomic mass is 10.1. The smallest absolute Gasteiger partial charge is 0.279 e. The highest BCUT2D eigenvalue weighted by Gasteiger charge is 2.28. The number of nitrogens with one attached hydrogen (secondary N) is 2. The maximum absolute atomic E-state index is 12.0. The van der Waals surface area contributed by atoms with E-state index < -0.39 is 17.9 Å². The number of benzene rings is 2. The number of hydrazine groups is 1. The Balaban J connectivity index is 1.44. The van der Waals surface area contributed by atoms with Gasteiger partial charge in [0.25, 0.3) is 11.8 Å². The normalized spacial score (nSPS) is 15.1. The highest BCUT2D eigenvalue weighted by molar-refractivity contribution is 6.32. The summed E-state index contributed by atoms with van der Waals surface area (Å²) >= 11 is 5.92. The summed E-state index contributed by atoms with van der Waals surface area (Å²) in [6.45, 7) is -0.268. The van der Waals surface area contributed by atoms with Gasteiger partial charge in [-0.1, -0.05) is 41.9 Å². The Morgan fingerprint density at radius 1 is 1.12 bits per heavy atom. The van der Waals surface area contributed by atoms with Crippen molar-refractivity contribution < 1.29 is 19.1 Å². The average molecular weight is 347 g/mol. The summed E-state index contributed by atoms with van der Waals surface area (Å²) in [5, 5.41) is 0.409. The monoisotopic (exact) mass is 346 g/mol. The van der Waals surface area contributed by atoms with Crippen LogP contribution in [0.2, 0.25) is 5.02 Å². The van der Waals surface area contributed by atoms with E-state index in [0.717, 1.165) is 5.56 Å². The van der Waals surface area contributed by atoms with E-state index in [0.29, 0.717) is 22.9 Å². The molecule has 0 fully saturated rings. The van der Waals surface area contributed by atoms with Crippen LogP contribution in [0.3, 0.4) is 0 Å². The number of ether oxygens (including phenoxy) is 2. The van der Waals surface area contributed by atoms with Crippen LogP contribution in [0, 0.1) is 0 Å². The van der Waals surface area contributed by atoms with Crippen molar-refractivity contribution in [3.63, 3.8) is 0 Å². The molecule has 0 saturated carbocycles. The van der Waals surface area contributed by atoms with E-state index in [4.69, 9.17) is 21.1 Å². The third-order valence-electron chi connectivity index (χ3n) is 3.46. The molecule has 0 bridgehead atoms. The molecule has 3 rings (SSSR count). The number of carbonyl (C=O) groups is 2. The van der Waals surface area contributed by atoms with Crippen molar-refractivity contribution in [2.24, 2.45) is 0 Å². The minimum Gasteiger partial charge on any atom is -0.482 e. The largest absolute Gasteiger partial charge is 0.482 e. The summed E-state index contributed by atoms with van der Waals surface area (Å²) in [4.78, 5) is 23.8. The first-order valence-corrected chi connectivity index (χ1v) is 7.72. The number of rotatable bonds is 4. The predicted molar refractivity (Wildman–Crippen MR) is 87.8 cm³/mol. The molecule has 6 nitrogen and oxygen atoms in total. The summed E-state index contributed by atoms with van der Waals surface area (Å²) in [7, 11) is 0. The molecule has 1 aliphatic rings. The summed E-state index contributed by atoms with van der Waals surface area (Å²) < 4.78 is 10.8. The molecule has 0 radical (unpaired) electrons. The van der Waals surface area contributed by atoms with Crippen molar-refractivity contribution in [2.45, 2.75) is 12.5 Å². The van der Waals surface area contributed by atoms with Crippen LogP contribution in [0.25, 0.3) is 0 Å². The van der Waals surface area contributed by atoms with Crippen molar-refractivity contribution in [2.75, 3.05) is 6.61 Å². The van der Waals surface area contributed by atoms with Gasteiger partial charge >= 0.3 is 0 Å². The molecule has 0 spiro atoms. The minimum atomic E-state index is -0.660. The molecular weight excluding hydrogens is 332 g/mol. The quantitative estimate of drug-likeness (QED) is 0.829. The van der Waals surface area contributed by atoms with E-state index in [2.05, 4.69) is 10.9 Å². The van der Waals surface area contributed by atoms with Crippen LogP contribution in [0.5, 0.6) is 11.5 Å². The Bertz CT molecular complexity index is 741.